The molecule has 8 heteroatoms. The first-order valence-corrected chi connectivity index (χ1v) is 11.5. The smallest absolute Gasteiger partial charge is 0.305 e. The zero-order valence-electron chi connectivity index (χ0n) is 20.6. The maximum atomic E-state index is 13.0. The SMILES string of the molecule is COC(=O)CCc1c(C)nn(-c2ccc(C(=O)Nc3c(C)nn(-c4ccccc4)c3C)cc2)c1C. The number of rotatable bonds is 7. The Morgan fingerprint density at radius 3 is 2.09 bits per heavy atom. The van der Waals surface area contributed by atoms with Gasteiger partial charge >= 0.3 is 5.97 Å². The van der Waals surface area contributed by atoms with Gasteiger partial charge in [-0.15, -0.1) is 0 Å². The molecule has 0 aliphatic rings. The first kappa shape index (κ1) is 23.9. The first-order valence-electron chi connectivity index (χ1n) is 11.5. The van der Waals surface area contributed by atoms with Gasteiger partial charge in [-0.25, -0.2) is 9.36 Å². The molecule has 1 amide bonds. The Kier molecular flexibility index (Phi) is 6.82. The summed E-state index contributed by atoms with van der Waals surface area (Å²) < 4.78 is 8.41. The number of esters is 1. The number of ether oxygens (including phenoxy) is 1. The minimum atomic E-state index is -0.244. The van der Waals surface area contributed by atoms with E-state index in [9.17, 15) is 9.59 Å². The molecule has 4 aromatic rings. The highest BCUT2D eigenvalue weighted by atomic mass is 16.5. The molecule has 0 atom stereocenters. The molecule has 0 saturated heterocycles. The van der Waals surface area contributed by atoms with Crippen LogP contribution in [-0.2, 0) is 16.0 Å². The summed E-state index contributed by atoms with van der Waals surface area (Å²) in [4.78, 5) is 24.5. The average Bonchev–Trinajstić information content (AvgIpc) is 3.32. The van der Waals surface area contributed by atoms with Crippen molar-refractivity contribution in [2.45, 2.75) is 40.5 Å². The van der Waals surface area contributed by atoms with E-state index in [4.69, 9.17) is 4.74 Å². The fraction of sp³-hybridized carbons (Fsp3) is 0.259. The van der Waals surface area contributed by atoms with Crippen molar-refractivity contribution in [2.75, 3.05) is 12.4 Å². The highest BCUT2D eigenvalue weighted by molar-refractivity contribution is 6.05. The number of nitrogens with zero attached hydrogens (tertiary/aromatic N) is 4. The number of amides is 1. The normalized spacial score (nSPS) is 10.9. The topological polar surface area (TPSA) is 91.0 Å². The molecular formula is C27H29N5O3. The van der Waals surface area contributed by atoms with E-state index in [0.717, 1.165) is 39.7 Å². The van der Waals surface area contributed by atoms with Gasteiger partial charge < -0.3 is 10.1 Å². The second kappa shape index (κ2) is 9.97. The molecule has 2 aromatic heterocycles. The van der Waals surface area contributed by atoms with E-state index in [-0.39, 0.29) is 11.9 Å². The number of hydrogen-bond donors (Lipinski definition) is 1. The zero-order valence-corrected chi connectivity index (χ0v) is 20.6. The van der Waals surface area contributed by atoms with Crippen LogP contribution in [0.15, 0.2) is 54.6 Å². The third kappa shape index (κ3) is 4.87. The first-order chi connectivity index (χ1) is 16.8. The van der Waals surface area contributed by atoms with Crippen molar-refractivity contribution in [3.8, 4) is 11.4 Å². The number of aromatic nitrogens is 4. The lowest BCUT2D eigenvalue weighted by atomic mass is 10.1. The van der Waals surface area contributed by atoms with Gasteiger partial charge in [0.05, 0.1) is 41.3 Å². The number of nitrogens with one attached hydrogen (secondary N) is 1. The third-order valence-corrected chi connectivity index (χ3v) is 6.15. The monoisotopic (exact) mass is 471 g/mol. The number of aryl methyl sites for hydroxylation is 2. The molecule has 8 nitrogen and oxygen atoms in total. The van der Waals surface area contributed by atoms with Crippen molar-refractivity contribution in [3.63, 3.8) is 0 Å². The highest BCUT2D eigenvalue weighted by Gasteiger charge is 2.18. The Morgan fingerprint density at radius 2 is 1.43 bits per heavy atom. The number of para-hydroxylation sites is 1. The van der Waals surface area contributed by atoms with Gasteiger partial charge in [0.15, 0.2) is 0 Å². The van der Waals surface area contributed by atoms with E-state index in [1.165, 1.54) is 7.11 Å². The molecule has 35 heavy (non-hydrogen) atoms. The summed E-state index contributed by atoms with van der Waals surface area (Å²) in [7, 11) is 1.39. The molecule has 180 valence electrons. The summed E-state index contributed by atoms with van der Waals surface area (Å²) in [5, 5.41) is 12.2. The number of carbonyl (C=O) groups excluding carboxylic acids is 2. The Bertz CT molecular complexity index is 1370. The van der Waals surface area contributed by atoms with E-state index in [1.807, 2.05) is 79.5 Å². The number of methoxy groups -OCH3 is 1. The van der Waals surface area contributed by atoms with E-state index < -0.39 is 0 Å². The minimum Gasteiger partial charge on any atom is -0.469 e. The number of benzene rings is 2. The van der Waals surface area contributed by atoms with Crippen LogP contribution >= 0.6 is 0 Å². The van der Waals surface area contributed by atoms with Gasteiger partial charge in [0.1, 0.15) is 0 Å². The second-order valence-corrected chi connectivity index (χ2v) is 8.43. The average molecular weight is 472 g/mol. The molecule has 0 aliphatic carbocycles. The summed E-state index contributed by atoms with van der Waals surface area (Å²) in [6.07, 6.45) is 0.878. The van der Waals surface area contributed by atoms with Crippen molar-refractivity contribution in [2.24, 2.45) is 0 Å². The molecule has 0 saturated carbocycles. The molecule has 2 heterocycles. The van der Waals surface area contributed by atoms with Gasteiger partial charge in [-0.3, -0.25) is 9.59 Å². The molecule has 0 radical (unpaired) electrons. The van der Waals surface area contributed by atoms with Crippen LogP contribution in [0.3, 0.4) is 0 Å². The predicted octanol–water partition coefficient (Wildman–Crippen LogP) is 4.65. The highest BCUT2D eigenvalue weighted by Crippen LogP contribution is 2.24. The maximum Gasteiger partial charge on any atom is 0.305 e. The van der Waals surface area contributed by atoms with E-state index in [2.05, 4.69) is 15.5 Å². The summed E-state index contributed by atoms with van der Waals surface area (Å²) in [6, 6.07) is 17.1. The van der Waals surface area contributed by atoms with Crippen molar-refractivity contribution >= 4 is 17.6 Å². The maximum absolute atomic E-state index is 13.0. The van der Waals surface area contributed by atoms with Crippen LogP contribution in [0.5, 0.6) is 0 Å². The van der Waals surface area contributed by atoms with Crippen LogP contribution in [0.4, 0.5) is 5.69 Å². The summed E-state index contributed by atoms with van der Waals surface area (Å²) in [5.74, 6) is -0.450. The lowest BCUT2D eigenvalue weighted by molar-refractivity contribution is -0.140. The standard InChI is InChI=1S/C27H29N5O3/c1-17-24(15-16-25(33)35-5)19(3)31(29-17)23-13-11-21(12-14-23)27(34)28-26-18(2)30-32(20(26)4)22-9-7-6-8-10-22/h6-14H,15-16H2,1-5H3,(H,28,34). The van der Waals surface area contributed by atoms with Crippen molar-refractivity contribution in [3.05, 3.63) is 88.5 Å². The zero-order chi connectivity index (χ0) is 25.1. The van der Waals surface area contributed by atoms with Crippen molar-refractivity contribution in [1.29, 1.82) is 0 Å². The predicted molar refractivity (Wildman–Crippen MR) is 134 cm³/mol. The Hall–Kier alpha value is -4.20. The third-order valence-electron chi connectivity index (χ3n) is 6.15. The molecule has 1 N–H and O–H groups in total. The largest absolute Gasteiger partial charge is 0.469 e. The lowest BCUT2D eigenvalue weighted by Crippen LogP contribution is -2.13. The molecular weight excluding hydrogens is 442 g/mol. The van der Waals surface area contributed by atoms with Crippen LogP contribution in [0.1, 0.15) is 45.1 Å². The summed E-state index contributed by atoms with van der Waals surface area (Å²) in [5.41, 5.74) is 7.49. The number of carbonyl (C=O) groups is 2. The number of hydrogen-bond acceptors (Lipinski definition) is 5. The molecule has 2 aromatic carbocycles. The van der Waals surface area contributed by atoms with Gasteiger partial charge in [-0.2, -0.15) is 10.2 Å². The van der Waals surface area contributed by atoms with Crippen LogP contribution in [0.25, 0.3) is 11.4 Å². The molecule has 0 spiro atoms. The molecule has 0 bridgehead atoms. The van der Waals surface area contributed by atoms with Gasteiger partial charge in [0, 0.05) is 17.7 Å². The fourth-order valence-corrected chi connectivity index (χ4v) is 4.20. The quantitative estimate of drug-likeness (QED) is 0.396. The molecule has 0 aliphatic heterocycles. The molecule has 4 rings (SSSR count). The summed E-state index contributed by atoms with van der Waals surface area (Å²) >= 11 is 0. The van der Waals surface area contributed by atoms with Crippen LogP contribution < -0.4 is 5.32 Å². The minimum absolute atomic E-state index is 0.206. The second-order valence-electron chi connectivity index (χ2n) is 8.43. The molecule has 0 fully saturated rings. The van der Waals surface area contributed by atoms with E-state index in [0.29, 0.717) is 24.1 Å². The Morgan fingerprint density at radius 1 is 0.829 bits per heavy atom. The van der Waals surface area contributed by atoms with Gasteiger partial charge in [0.2, 0.25) is 0 Å². The number of anilines is 1. The lowest BCUT2D eigenvalue weighted by Gasteiger charge is -2.09. The van der Waals surface area contributed by atoms with Gasteiger partial charge in [-0.1, -0.05) is 18.2 Å². The van der Waals surface area contributed by atoms with E-state index in [1.54, 1.807) is 12.1 Å². The van der Waals surface area contributed by atoms with Crippen molar-refractivity contribution in [1.82, 2.24) is 19.6 Å². The summed E-state index contributed by atoms with van der Waals surface area (Å²) in [6.45, 7) is 7.72. The molecule has 0 unspecified atom stereocenters. The van der Waals surface area contributed by atoms with Gasteiger partial charge in [-0.05, 0) is 76.1 Å². The van der Waals surface area contributed by atoms with Crippen LogP contribution in [0.2, 0.25) is 0 Å². The Balaban J connectivity index is 1.52. The fourth-order valence-electron chi connectivity index (χ4n) is 4.20. The van der Waals surface area contributed by atoms with Crippen LogP contribution in [0, 0.1) is 27.7 Å². The van der Waals surface area contributed by atoms with E-state index >= 15 is 0 Å². The van der Waals surface area contributed by atoms with Gasteiger partial charge in [0.25, 0.3) is 5.91 Å². The Labute approximate surface area is 204 Å². The van der Waals surface area contributed by atoms with Crippen molar-refractivity contribution < 1.29 is 14.3 Å². The van der Waals surface area contributed by atoms with Crippen LogP contribution in [-0.4, -0.2) is 38.5 Å².